The summed E-state index contributed by atoms with van der Waals surface area (Å²) in [7, 11) is 1.49. The molecule has 6 heteroatoms. The number of hydrogen-bond acceptors (Lipinski definition) is 3. The van der Waals surface area contributed by atoms with E-state index in [0.29, 0.717) is 6.42 Å². The molecular formula is C12H15FN2O3. The highest BCUT2D eigenvalue weighted by Crippen LogP contribution is 2.22. The standard InChI is InChI=1S/C12H15FN2O3/c1-3-9(12(17)18)15(2)10-5-4-7(11(14)16)6-8(10)13/h4-6,9H,3H2,1-2H3,(H2,14,16)(H,17,18). The average Bonchev–Trinajstić information content (AvgIpc) is 2.28. The maximum absolute atomic E-state index is 13.8. The van der Waals surface area contributed by atoms with Crippen LogP contribution in [0.3, 0.4) is 0 Å². The van der Waals surface area contributed by atoms with Gasteiger partial charge in [-0.3, -0.25) is 4.79 Å². The molecule has 0 aromatic heterocycles. The summed E-state index contributed by atoms with van der Waals surface area (Å²) in [6.45, 7) is 1.70. The molecule has 18 heavy (non-hydrogen) atoms. The van der Waals surface area contributed by atoms with Crippen molar-refractivity contribution in [2.45, 2.75) is 19.4 Å². The molecule has 0 bridgehead atoms. The van der Waals surface area contributed by atoms with Gasteiger partial charge in [0.15, 0.2) is 0 Å². The molecule has 0 heterocycles. The van der Waals surface area contributed by atoms with E-state index < -0.39 is 23.7 Å². The van der Waals surface area contributed by atoms with E-state index in [2.05, 4.69) is 0 Å². The number of nitrogens with two attached hydrogens (primary N) is 1. The van der Waals surface area contributed by atoms with Crippen LogP contribution < -0.4 is 10.6 Å². The number of carboxylic acids is 1. The number of carbonyl (C=O) groups is 2. The molecule has 0 saturated carbocycles. The first kappa shape index (κ1) is 14.0. The number of primary amides is 1. The number of rotatable bonds is 5. The molecule has 1 atom stereocenters. The van der Waals surface area contributed by atoms with E-state index >= 15 is 0 Å². The van der Waals surface area contributed by atoms with Gasteiger partial charge in [0.2, 0.25) is 5.91 Å². The largest absolute Gasteiger partial charge is 0.480 e. The lowest BCUT2D eigenvalue weighted by Gasteiger charge is -2.26. The molecule has 0 aliphatic rings. The van der Waals surface area contributed by atoms with Crippen LogP contribution in [0.5, 0.6) is 0 Å². The van der Waals surface area contributed by atoms with Crippen molar-refractivity contribution < 1.29 is 19.1 Å². The van der Waals surface area contributed by atoms with Crippen molar-refractivity contribution in [2.24, 2.45) is 5.73 Å². The molecule has 0 spiro atoms. The molecule has 5 nitrogen and oxygen atoms in total. The molecule has 1 unspecified atom stereocenters. The van der Waals surface area contributed by atoms with E-state index in [9.17, 15) is 14.0 Å². The fraction of sp³-hybridized carbons (Fsp3) is 0.333. The summed E-state index contributed by atoms with van der Waals surface area (Å²) in [6, 6.07) is 2.90. The summed E-state index contributed by atoms with van der Waals surface area (Å²) in [6.07, 6.45) is 0.336. The van der Waals surface area contributed by atoms with Gasteiger partial charge in [-0.25, -0.2) is 9.18 Å². The second-order valence-corrected chi connectivity index (χ2v) is 3.90. The third kappa shape index (κ3) is 2.77. The Morgan fingerprint density at radius 1 is 1.50 bits per heavy atom. The highest BCUT2D eigenvalue weighted by atomic mass is 19.1. The topological polar surface area (TPSA) is 83.6 Å². The van der Waals surface area contributed by atoms with E-state index in [0.717, 1.165) is 6.07 Å². The quantitative estimate of drug-likeness (QED) is 0.827. The van der Waals surface area contributed by atoms with Crippen molar-refractivity contribution in [1.29, 1.82) is 0 Å². The van der Waals surface area contributed by atoms with E-state index in [1.807, 2.05) is 0 Å². The monoisotopic (exact) mass is 254 g/mol. The van der Waals surface area contributed by atoms with Gasteiger partial charge >= 0.3 is 5.97 Å². The number of nitrogens with zero attached hydrogens (tertiary/aromatic N) is 1. The highest BCUT2D eigenvalue weighted by molar-refractivity contribution is 5.93. The van der Waals surface area contributed by atoms with Crippen molar-refractivity contribution in [3.05, 3.63) is 29.6 Å². The fourth-order valence-corrected chi connectivity index (χ4v) is 1.73. The Bertz CT molecular complexity index is 476. The number of amides is 1. The maximum Gasteiger partial charge on any atom is 0.326 e. The van der Waals surface area contributed by atoms with Crippen LogP contribution >= 0.6 is 0 Å². The second-order valence-electron chi connectivity index (χ2n) is 3.90. The smallest absolute Gasteiger partial charge is 0.326 e. The van der Waals surface area contributed by atoms with Crippen LogP contribution in [0.4, 0.5) is 10.1 Å². The number of halogens is 1. The van der Waals surface area contributed by atoms with E-state index in [4.69, 9.17) is 10.8 Å². The summed E-state index contributed by atoms with van der Waals surface area (Å²) in [5, 5.41) is 9.00. The fourth-order valence-electron chi connectivity index (χ4n) is 1.73. The number of anilines is 1. The molecular weight excluding hydrogens is 239 g/mol. The third-order valence-corrected chi connectivity index (χ3v) is 2.75. The third-order valence-electron chi connectivity index (χ3n) is 2.75. The Labute approximate surface area is 104 Å². The Balaban J connectivity index is 3.10. The van der Waals surface area contributed by atoms with Gasteiger partial charge in [-0.05, 0) is 24.6 Å². The van der Waals surface area contributed by atoms with Crippen LogP contribution in [-0.4, -0.2) is 30.1 Å². The zero-order valence-corrected chi connectivity index (χ0v) is 10.2. The van der Waals surface area contributed by atoms with Crippen LogP contribution in [0.25, 0.3) is 0 Å². The molecule has 3 N–H and O–H groups in total. The van der Waals surface area contributed by atoms with Crippen LogP contribution in [-0.2, 0) is 4.79 Å². The van der Waals surface area contributed by atoms with Crippen molar-refractivity contribution in [2.75, 3.05) is 11.9 Å². The van der Waals surface area contributed by atoms with E-state index in [1.54, 1.807) is 6.92 Å². The number of likely N-dealkylation sites (N-methyl/N-ethyl adjacent to an activating group) is 1. The Kier molecular flexibility index (Phi) is 4.25. The molecule has 98 valence electrons. The molecule has 0 fully saturated rings. The second kappa shape index (κ2) is 5.48. The van der Waals surface area contributed by atoms with Gasteiger partial charge in [0, 0.05) is 12.6 Å². The Hall–Kier alpha value is -2.11. The predicted molar refractivity (Wildman–Crippen MR) is 65.0 cm³/mol. The predicted octanol–water partition coefficient (Wildman–Crippen LogP) is 1.22. The molecule has 1 aromatic rings. The molecule has 1 rings (SSSR count). The van der Waals surface area contributed by atoms with Crippen LogP contribution in [0.15, 0.2) is 18.2 Å². The zero-order chi connectivity index (χ0) is 13.9. The lowest BCUT2D eigenvalue weighted by molar-refractivity contribution is -0.138. The number of hydrogen-bond donors (Lipinski definition) is 2. The summed E-state index contributed by atoms with van der Waals surface area (Å²) >= 11 is 0. The van der Waals surface area contributed by atoms with E-state index in [-0.39, 0.29) is 11.3 Å². The summed E-state index contributed by atoms with van der Waals surface area (Å²) in [4.78, 5) is 23.2. The summed E-state index contributed by atoms with van der Waals surface area (Å²) in [5.41, 5.74) is 5.20. The van der Waals surface area contributed by atoms with Crippen molar-refractivity contribution in [3.8, 4) is 0 Å². The van der Waals surface area contributed by atoms with Crippen molar-refractivity contribution in [1.82, 2.24) is 0 Å². The van der Waals surface area contributed by atoms with Gasteiger partial charge in [-0.2, -0.15) is 0 Å². The minimum atomic E-state index is -1.03. The van der Waals surface area contributed by atoms with Crippen molar-refractivity contribution in [3.63, 3.8) is 0 Å². The van der Waals surface area contributed by atoms with Gasteiger partial charge < -0.3 is 15.7 Å². The van der Waals surface area contributed by atoms with Gasteiger partial charge in [-0.15, -0.1) is 0 Å². The summed E-state index contributed by atoms with van der Waals surface area (Å²) in [5.74, 6) is -2.43. The summed E-state index contributed by atoms with van der Waals surface area (Å²) < 4.78 is 13.8. The molecule has 0 aliphatic heterocycles. The Morgan fingerprint density at radius 3 is 2.50 bits per heavy atom. The first-order valence-corrected chi connectivity index (χ1v) is 5.43. The Morgan fingerprint density at radius 2 is 2.11 bits per heavy atom. The number of carboxylic acid groups (broad SMARTS) is 1. The van der Waals surface area contributed by atoms with E-state index in [1.165, 1.54) is 24.1 Å². The molecule has 1 amide bonds. The highest BCUT2D eigenvalue weighted by Gasteiger charge is 2.23. The van der Waals surface area contributed by atoms with Crippen molar-refractivity contribution >= 4 is 17.6 Å². The van der Waals surface area contributed by atoms with Gasteiger partial charge in [0.25, 0.3) is 0 Å². The van der Waals surface area contributed by atoms with Crippen LogP contribution in [0.2, 0.25) is 0 Å². The number of carbonyl (C=O) groups excluding carboxylic acids is 1. The normalized spacial score (nSPS) is 11.9. The molecule has 1 aromatic carbocycles. The average molecular weight is 254 g/mol. The first-order chi connectivity index (χ1) is 8.38. The first-order valence-electron chi connectivity index (χ1n) is 5.43. The molecule has 0 saturated heterocycles. The maximum atomic E-state index is 13.8. The van der Waals surface area contributed by atoms with Gasteiger partial charge in [0.05, 0.1) is 5.69 Å². The minimum absolute atomic E-state index is 0.0491. The van der Waals surface area contributed by atoms with Crippen LogP contribution in [0.1, 0.15) is 23.7 Å². The van der Waals surface area contributed by atoms with Crippen LogP contribution in [0, 0.1) is 5.82 Å². The lowest BCUT2D eigenvalue weighted by Crippen LogP contribution is -2.38. The molecule has 0 radical (unpaired) electrons. The lowest BCUT2D eigenvalue weighted by atomic mass is 10.1. The van der Waals surface area contributed by atoms with Gasteiger partial charge in [-0.1, -0.05) is 6.92 Å². The minimum Gasteiger partial charge on any atom is -0.480 e. The number of benzene rings is 1. The van der Waals surface area contributed by atoms with Gasteiger partial charge in [0.1, 0.15) is 11.9 Å². The SMILES string of the molecule is CCC(C(=O)O)N(C)c1ccc(C(N)=O)cc1F. The molecule has 0 aliphatic carbocycles. The zero-order valence-electron chi connectivity index (χ0n) is 10.2. The number of aliphatic carboxylic acids is 1.